The molecule has 50 heavy (non-hydrogen) atoms. The molecule has 7 nitrogen and oxygen atoms in total. The van der Waals surface area contributed by atoms with Crippen molar-refractivity contribution in [3.63, 3.8) is 0 Å². The Morgan fingerprint density at radius 2 is 1.64 bits per heavy atom. The van der Waals surface area contributed by atoms with Crippen LogP contribution < -0.4 is 10.9 Å². The molecule has 3 rings (SSSR count). The van der Waals surface area contributed by atoms with Gasteiger partial charge in [0.2, 0.25) is 5.91 Å². The van der Waals surface area contributed by atoms with Gasteiger partial charge in [0.05, 0.1) is 24.6 Å². The number of nitrogens with zero attached hydrogens (tertiary/aromatic N) is 2. The molecule has 0 bridgehead atoms. The van der Waals surface area contributed by atoms with Gasteiger partial charge in [0.15, 0.2) is 0 Å². The number of pyridine rings is 1. The summed E-state index contributed by atoms with van der Waals surface area (Å²) in [5.41, 5.74) is -0.897. The maximum atomic E-state index is 16.7. The van der Waals surface area contributed by atoms with Crippen LogP contribution in [-0.4, -0.2) is 48.6 Å². The second-order valence-electron chi connectivity index (χ2n) is 13.6. The molecule has 0 saturated heterocycles. The molecule has 0 radical (unpaired) electrons. The van der Waals surface area contributed by atoms with E-state index >= 15 is 8.78 Å². The summed E-state index contributed by atoms with van der Waals surface area (Å²) >= 11 is 0. The van der Waals surface area contributed by atoms with Crippen LogP contribution in [0.2, 0.25) is 0 Å². The first-order chi connectivity index (χ1) is 23.3. The minimum atomic E-state index is -4.73. The van der Waals surface area contributed by atoms with Crippen LogP contribution in [0.25, 0.3) is 11.1 Å². The highest BCUT2D eigenvalue weighted by molar-refractivity contribution is 5.82. The molecule has 1 aromatic heterocycles. The summed E-state index contributed by atoms with van der Waals surface area (Å²) in [6, 6.07) is 1.96. The zero-order chi connectivity index (χ0) is 37.7. The lowest BCUT2D eigenvalue weighted by Crippen LogP contribution is -2.41. The first-order valence-corrected chi connectivity index (χ1v) is 16.8. The fourth-order valence-corrected chi connectivity index (χ4v) is 6.30. The zero-order valence-electron chi connectivity index (χ0n) is 30.3. The summed E-state index contributed by atoms with van der Waals surface area (Å²) in [4.78, 5) is 42.4. The van der Waals surface area contributed by atoms with Crippen molar-refractivity contribution >= 4 is 11.9 Å². The fraction of sp³-hybridized carbons (Fsp3) is 0.500. The lowest BCUT2D eigenvalue weighted by Gasteiger charge is -2.27. The maximum absolute atomic E-state index is 16.7. The van der Waals surface area contributed by atoms with Gasteiger partial charge in [-0.2, -0.15) is 13.2 Å². The Morgan fingerprint density at radius 1 is 0.980 bits per heavy atom. The predicted molar refractivity (Wildman–Crippen MR) is 184 cm³/mol. The zero-order valence-corrected chi connectivity index (χ0v) is 30.3. The van der Waals surface area contributed by atoms with Crippen LogP contribution in [0.15, 0.2) is 35.3 Å². The highest BCUT2D eigenvalue weighted by Gasteiger charge is 2.36. The van der Waals surface area contributed by atoms with Crippen molar-refractivity contribution in [3.05, 3.63) is 91.4 Å². The van der Waals surface area contributed by atoms with Crippen molar-refractivity contribution in [1.29, 1.82) is 0 Å². The van der Waals surface area contributed by atoms with Crippen molar-refractivity contribution in [2.75, 3.05) is 27.2 Å². The molecule has 0 fully saturated rings. The number of rotatable bonds is 14. The van der Waals surface area contributed by atoms with E-state index in [4.69, 9.17) is 4.74 Å². The van der Waals surface area contributed by atoms with Gasteiger partial charge >= 0.3 is 12.1 Å². The normalized spacial score (nSPS) is 13.1. The van der Waals surface area contributed by atoms with Gasteiger partial charge in [-0.15, -0.1) is 0 Å². The van der Waals surface area contributed by atoms with Crippen molar-refractivity contribution in [2.45, 2.75) is 92.4 Å². The van der Waals surface area contributed by atoms with E-state index in [9.17, 15) is 27.6 Å². The molecule has 0 aliphatic rings. The molecule has 0 aliphatic carbocycles. The Hall–Kier alpha value is -4.06. The number of aromatic nitrogens is 1. The van der Waals surface area contributed by atoms with Gasteiger partial charge in [-0.3, -0.25) is 14.4 Å². The fourth-order valence-electron chi connectivity index (χ4n) is 6.30. The predicted octanol–water partition coefficient (Wildman–Crippen LogP) is 7.94. The van der Waals surface area contributed by atoms with Crippen LogP contribution in [0.4, 0.5) is 22.0 Å². The van der Waals surface area contributed by atoms with Crippen molar-refractivity contribution in [2.24, 2.45) is 5.92 Å². The Balaban J connectivity index is 2.21. The SMILES string of the molecule is CCOC(=O)C[C@H](NC(=O)C(CC(C)C)n1cc(CCCN(C)C)c(C)cc1=O)c1c(F)c(C)cc(-c2c(C)ccc(C(F)(F)F)c2C)c1F. The summed E-state index contributed by atoms with van der Waals surface area (Å²) < 4.78 is 80.8. The average molecular weight is 706 g/mol. The van der Waals surface area contributed by atoms with E-state index in [0.717, 1.165) is 36.2 Å². The Labute approximate surface area is 290 Å². The molecule has 1 heterocycles. The number of nitrogens with one attached hydrogen (secondary N) is 1. The second kappa shape index (κ2) is 16.8. The minimum absolute atomic E-state index is 0.0442. The van der Waals surface area contributed by atoms with Gasteiger partial charge in [0, 0.05) is 23.4 Å². The highest BCUT2D eigenvalue weighted by atomic mass is 19.4. The van der Waals surface area contributed by atoms with E-state index < -0.39 is 64.9 Å². The topological polar surface area (TPSA) is 80.6 Å². The molecule has 0 saturated carbocycles. The Bertz CT molecular complexity index is 1760. The molecule has 2 aromatic carbocycles. The molecular formula is C38H48F5N3O4. The quantitative estimate of drug-likeness (QED) is 0.136. The number of carbonyl (C=O) groups excluding carboxylic acids is 2. The summed E-state index contributed by atoms with van der Waals surface area (Å²) in [6.45, 7) is 11.9. The lowest BCUT2D eigenvalue weighted by molar-refractivity contribution is -0.144. The van der Waals surface area contributed by atoms with Crippen LogP contribution in [0.3, 0.4) is 0 Å². The van der Waals surface area contributed by atoms with Gasteiger partial charge in [0.1, 0.15) is 17.7 Å². The van der Waals surface area contributed by atoms with Crippen LogP contribution in [-0.2, 0) is 26.9 Å². The lowest BCUT2D eigenvalue weighted by atomic mass is 9.87. The van der Waals surface area contributed by atoms with E-state index in [0.29, 0.717) is 12.0 Å². The van der Waals surface area contributed by atoms with Gasteiger partial charge in [-0.1, -0.05) is 19.9 Å². The van der Waals surface area contributed by atoms with Crippen LogP contribution in [0, 0.1) is 45.2 Å². The standard InChI is InChI=1S/C38H48F5N3O4/c1-10-50-32(48)19-29(34-35(39)24(6)17-27(36(34)40)33-22(4)13-14-28(25(33)7)38(41,42)43)44-37(49)30(16-21(2)3)46-20-26(12-11-15-45(8)9)23(5)18-31(46)47/h13-14,17-18,20-21,29-30H,10-12,15-16,19H2,1-9H3,(H,44,49)/t29-,30?/m0/s1. The molecule has 3 aromatic rings. The number of aryl methyl sites for hydroxylation is 4. The molecule has 274 valence electrons. The van der Waals surface area contributed by atoms with Crippen molar-refractivity contribution < 1.29 is 36.3 Å². The molecule has 1 N–H and O–H groups in total. The third-order valence-corrected chi connectivity index (χ3v) is 8.79. The van der Waals surface area contributed by atoms with Gasteiger partial charge < -0.3 is 19.5 Å². The average Bonchev–Trinajstić information content (AvgIpc) is 2.99. The number of benzene rings is 2. The summed E-state index contributed by atoms with van der Waals surface area (Å²) in [5.74, 6) is -4.00. The Morgan fingerprint density at radius 3 is 2.22 bits per heavy atom. The number of carbonyl (C=O) groups is 2. The summed E-state index contributed by atoms with van der Waals surface area (Å²) in [6.07, 6.45) is -2.14. The molecule has 1 amide bonds. The summed E-state index contributed by atoms with van der Waals surface area (Å²) in [5, 5.41) is 2.63. The number of hydrogen-bond donors (Lipinski definition) is 1. The van der Waals surface area contributed by atoms with Gasteiger partial charge in [-0.25, -0.2) is 8.78 Å². The maximum Gasteiger partial charge on any atom is 0.416 e. The second-order valence-corrected chi connectivity index (χ2v) is 13.6. The van der Waals surface area contributed by atoms with Gasteiger partial charge in [0.25, 0.3) is 5.56 Å². The number of esters is 1. The van der Waals surface area contributed by atoms with Crippen LogP contribution >= 0.6 is 0 Å². The first kappa shape index (κ1) is 40.4. The third-order valence-electron chi connectivity index (χ3n) is 8.79. The molecule has 0 aliphatic heterocycles. The van der Waals surface area contributed by atoms with Gasteiger partial charge in [-0.05, 0) is 126 Å². The van der Waals surface area contributed by atoms with Crippen LogP contribution in [0.5, 0.6) is 0 Å². The molecule has 12 heteroatoms. The molecule has 2 atom stereocenters. The minimum Gasteiger partial charge on any atom is -0.466 e. The summed E-state index contributed by atoms with van der Waals surface area (Å²) in [7, 11) is 3.91. The smallest absolute Gasteiger partial charge is 0.416 e. The van der Waals surface area contributed by atoms with E-state index in [-0.39, 0.29) is 41.2 Å². The largest absolute Gasteiger partial charge is 0.466 e. The number of hydrogen-bond acceptors (Lipinski definition) is 5. The molecule has 0 spiro atoms. The highest BCUT2D eigenvalue weighted by Crippen LogP contribution is 2.41. The van der Waals surface area contributed by atoms with E-state index in [2.05, 4.69) is 5.32 Å². The van der Waals surface area contributed by atoms with E-state index in [1.165, 1.54) is 37.5 Å². The Kier molecular flexibility index (Phi) is 13.5. The third kappa shape index (κ3) is 9.58. The monoisotopic (exact) mass is 705 g/mol. The van der Waals surface area contributed by atoms with Crippen LogP contribution in [0.1, 0.15) is 91.1 Å². The van der Waals surface area contributed by atoms with E-state index in [1.54, 1.807) is 13.1 Å². The molecule has 1 unspecified atom stereocenters. The number of halogens is 5. The number of alkyl halides is 3. The van der Waals surface area contributed by atoms with E-state index in [1.807, 2.05) is 39.8 Å². The van der Waals surface area contributed by atoms with Crippen molar-refractivity contribution in [1.82, 2.24) is 14.8 Å². The van der Waals surface area contributed by atoms with Crippen molar-refractivity contribution in [3.8, 4) is 11.1 Å². The molecular weight excluding hydrogens is 657 g/mol. The number of ether oxygens (including phenoxy) is 1. The first-order valence-electron chi connectivity index (χ1n) is 16.8. The number of amides is 1.